The van der Waals surface area contributed by atoms with Crippen LogP contribution in [0.5, 0.6) is 0 Å². The molecule has 186 valence electrons. The molecule has 5 rings (SSSR count). The van der Waals surface area contributed by atoms with Crippen LogP contribution in [0.25, 0.3) is 16.9 Å². The second kappa shape index (κ2) is 10.6. The molecule has 1 aliphatic rings. The van der Waals surface area contributed by atoms with Crippen molar-refractivity contribution in [3.05, 3.63) is 108 Å². The minimum absolute atomic E-state index is 0.0483. The minimum atomic E-state index is -0.908. The number of amides is 1. The number of carboxylic acid groups (broad SMARTS) is 1. The average molecular weight is 493 g/mol. The third kappa shape index (κ3) is 5.35. The zero-order valence-corrected chi connectivity index (χ0v) is 20.6. The first-order valence-electron chi connectivity index (χ1n) is 12.4. The Hall–Kier alpha value is -4.52. The van der Waals surface area contributed by atoms with Gasteiger partial charge in [0.25, 0.3) is 0 Å². The smallest absolute Gasteiger partial charge is 0.303 e. The molecule has 0 aliphatic carbocycles. The quantitative estimate of drug-likeness (QED) is 0.338. The molecule has 7 nitrogen and oxygen atoms in total. The summed E-state index contributed by atoms with van der Waals surface area (Å²) in [7, 11) is 0. The van der Waals surface area contributed by atoms with Crippen molar-refractivity contribution < 1.29 is 14.7 Å². The topological polar surface area (TPSA) is 87.8 Å². The maximum absolute atomic E-state index is 13.2. The first kappa shape index (κ1) is 24.2. The Morgan fingerprint density at radius 3 is 2.27 bits per heavy atom. The van der Waals surface area contributed by atoms with Gasteiger partial charge in [-0.2, -0.15) is 10.2 Å². The van der Waals surface area contributed by atoms with Gasteiger partial charge in [0.15, 0.2) is 0 Å². The molecule has 1 N–H and O–H groups in total. The molecule has 1 amide bonds. The molecule has 0 spiro atoms. The van der Waals surface area contributed by atoms with E-state index in [9.17, 15) is 9.59 Å². The molecule has 1 aliphatic heterocycles. The highest BCUT2D eigenvalue weighted by Gasteiger charge is 2.34. The van der Waals surface area contributed by atoms with Crippen LogP contribution in [0.3, 0.4) is 0 Å². The van der Waals surface area contributed by atoms with E-state index in [0.717, 1.165) is 39.3 Å². The van der Waals surface area contributed by atoms with Crippen LogP contribution >= 0.6 is 0 Å². The maximum Gasteiger partial charge on any atom is 0.303 e. The molecule has 0 radical (unpaired) electrons. The van der Waals surface area contributed by atoms with Crippen molar-refractivity contribution in [1.82, 2.24) is 14.8 Å². The molecule has 0 saturated carbocycles. The van der Waals surface area contributed by atoms with Gasteiger partial charge in [-0.25, -0.2) is 9.69 Å². The summed E-state index contributed by atoms with van der Waals surface area (Å²) in [4.78, 5) is 24.2. The number of carboxylic acids is 1. The predicted molar refractivity (Wildman–Crippen MR) is 142 cm³/mol. The van der Waals surface area contributed by atoms with Gasteiger partial charge in [-0.3, -0.25) is 9.59 Å². The molecule has 0 bridgehead atoms. The van der Waals surface area contributed by atoms with Gasteiger partial charge in [0.2, 0.25) is 5.91 Å². The summed E-state index contributed by atoms with van der Waals surface area (Å²) in [6, 6.07) is 27.7. The minimum Gasteiger partial charge on any atom is -0.481 e. The third-order valence-electron chi connectivity index (χ3n) is 6.50. The maximum atomic E-state index is 13.2. The van der Waals surface area contributed by atoms with Gasteiger partial charge < -0.3 is 5.11 Å². The summed E-state index contributed by atoms with van der Waals surface area (Å²) in [5.41, 5.74) is 6.47. The molecule has 0 fully saturated rings. The SMILES string of the molecule is Cc1ccc([C@H]2CC(c3cn(-c4ccccc4)nc3-c3ccccc3)=NN2C(=O)CCCC(=O)O)cc1. The number of benzene rings is 3. The fraction of sp³-hybridized carbons (Fsp3) is 0.200. The van der Waals surface area contributed by atoms with Crippen LogP contribution < -0.4 is 0 Å². The number of carbonyl (C=O) groups excluding carboxylic acids is 1. The molecule has 3 aromatic carbocycles. The molecule has 1 atom stereocenters. The van der Waals surface area contributed by atoms with E-state index in [4.69, 9.17) is 15.3 Å². The number of aliphatic carboxylic acids is 1. The van der Waals surface area contributed by atoms with E-state index in [1.165, 1.54) is 5.01 Å². The van der Waals surface area contributed by atoms with E-state index in [0.29, 0.717) is 6.42 Å². The Kier molecular flexibility index (Phi) is 6.94. The number of para-hydroxylation sites is 1. The third-order valence-corrected chi connectivity index (χ3v) is 6.50. The van der Waals surface area contributed by atoms with Gasteiger partial charge in [-0.1, -0.05) is 78.4 Å². The molecule has 7 heteroatoms. The van der Waals surface area contributed by atoms with Crippen molar-refractivity contribution in [2.75, 3.05) is 0 Å². The number of rotatable bonds is 8. The number of nitrogens with zero attached hydrogens (tertiary/aromatic N) is 4. The van der Waals surface area contributed by atoms with Crippen LogP contribution in [-0.2, 0) is 9.59 Å². The van der Waals surface area contributed by atoms with Gasteiger partial charge >= 0.3 is 5.97 Å². The first-order valence-corrected chi connectivity index (χ1v) is 12.4. The monoisotopic (exact) mass is 492 g/mol. The zero-order valence-electron chi connectivity index (χ0n) is 20.6. The Morgan fingerprint density at radius 2 is 1.59 bits per heavy atom. The van der Waals surface area contributed by atoms with Crippen LogP contribution in [0.15, 0.2) is 96.2 Å². The van der Waals surface area contributed by atoms with E-state index in [1.54, 1.807) is 0 Å². The average Bonchev–Trinajstić information content (AvgIpc) is 3.55. The van der Waals surface area contributed by atoms with Crippen molar-refractivity contribution in [2.45, 2.75) is 38.6 Å². The number of aromatic nitrogens is 2. The fourth-order valence-corrected chi connectivity index (χ4v) is 4.56. The number of carbonyl (C=O) groups is 2. The highest BCUT2D eigenvalue weighted by Crippen LogP contribution is 2.36. The van der Waals surface area contributed by atoms with Crippen LogP contribution in [0, 0.1) is 6.92 Å². The van der Waals surface area contributed by atoms with Gasteiger partial charge in [0, 0.05) is 36.6 Å². The number of hydrazone groups is 1. The normalized spacial score (nSPS) is 15.0. The van der Waals surface area contributed by atoms with Crippen LogP contribution in [0.4, 0.5) is 0 Å². The van der Waals surface area contributed by atoms with E-state index >= 15 is 0 Å². The lowest BCUT2D eigenvalue weighted by Crippen LogP contribution is -2.27. The van der Waals surface area contributed by atoms with Crippen LogP contribution in [0.2, 0.25) is 0 Å². The summed E-state index contributed by atoms with van der Waals surface area (Å²) >= 11 is 0. The summed E-state index contributed by atoms with van der Waals surface area (Å²) in [5.74, 6) is -1.09. The van der Waals surface area contributed by atoms with Crippen molar-refractivity contribution in [1.29, 1.82) is 0 Å². The highest BCUT2D eigenvalue weighted by atomic mass is 16.4. The Morgan fingerprint density at radius 1 is 0.919 bits per heavy atom. The summed E-state index contributed by atoms with van der Waals surface area (Å²) < 4.78 is 1.85. The summed E-state index contributed by atoms with van der Waals surface area (Å²) in [6.07, 6.45) is 2.86. The van der Waals surface area contributed by atoms with Crippen LogP contribution in [0.1, 0.15) is 48.4 Å². The molecular weight excluding hydrogens is 464 g/mol. The first-order chi connectivity index (χ1) is 18.0. The molecule has 1 aromatic heterocycles. The molecule has 0 unspecified atom stereocenters. The lowest BCUT2D eigenvalue weighted by Gasteiger charge is -2.22. The Bertz CT molecular complexity index is 1430. The zero-order chi connectivity index (χ0) is 25.8. The lowest BCUT2D eigenvalue weighted by molar-refractivity contribution is -0.137. The van der Waals surface area contributed by atoms with Gasteiger partial charge in [0.1, 0.15) is 5.69 Å². The van der Waals surface area contributed by atoms with Crippen molar-refractivity contribution in [2.24, 2.45) is 5.10 Å². The summed E-state index contributed by atoms with van der Waals surface area (Å²) in [5, 5.41) is 20.3. The highest BCUT2D eigenvalue weighted by molar-refractivity contribution is 6.07. The summed E-state index contributed by atoms with van der Waals surface area (Å²) in [6.45, 7) is 2.03. The Labute approximate surface area is 215 Å². The number of hydrogen-bond acceptors (Lipinski definition) is 4. The van der Waals surface area contributed by atoms with E-state index in [1.807, 2.05) is 103 Å². The molecule has 37 heavy (non-hydrogen) atoms. The van der Waals surface area contributed by atoms with E-state index in [-0.39, 0.29) is 31.2 Å². The fourth-order valence-electron chi connectivity index (χ4n) is 4.56. The van der Waals surface area contributed by atoms with Crippen LogP contribution in [-0.4, -0.2) is 37.5 Å². The van der Waals surface area contributed by atoms with E-state index in [2.05, 4.69) is 0 Å². The van der Waals surface area contributed by atoms with Crippen molar-refractivity contribution in [3.8, 4) is 16.9 Å². The standard InChI is InChI=1S/C30H28N4O3/c1-21-15-17-22(18-16-21)27-19-26(31-34(27)28(35)13-8-14-29(36)37)25-20-33(24-11-6-3-7-12-24)32-30(25)23-9-4-2-5-10-23/h2-7,9-12,15-18,20,27H,8,13-14,19H2,1H3,(H,36,37)/t27-/m1/s1. The van der Waals surface area contributed by atoms with Gasteiger partial charge in [-0.05, 0) is 31.0 Å². The van der Waals surface area contributed by atoms with Gasteiger partial charge in [0.05, 0.1) is 17.4 Å². The lowest BCUT2D eigenvalue weighted by atomic mass is 9.96. The predicted octanol–water partition coefficient (Wildman–Crippen LogP) is 5.78. The van der Waals surface area contributed by atoms with Crippen molar-refractivity contribution >= 4 is 17.6 Å². The second-order valence-corrected chi connectivity index (χ2v) is 9.20. The molecule has 4 aromatic rings. The number of hydrogen-bond donors (Lipinski definition) is 1. The second-order valence-electron chi connectivity index (χ2n) is 9.20. The van der Waals surface area contributed by atoms with Crippen molar-refractivity contribution in [3.63, 3.8) is 0 Å². The Balaban J connectivity index is 1.55. The molecular formula is C30H28N4O3. The van der Waals surface area contributed by atoms with Gasteiger partial charge in [-0.15, -0.1) is 0 Å². The number of aryl methyl sites for hydroxylation is 1. The molecule has 2 heterocycles. The van der Waals surface area contributed by atoms with E-state index < -0.39 is 5.97 Å². The largest absolute Gasteiger partial charge is 0.481 e. The molecule has 0 saturated heterocycles.